The van der Waals surface area contributed by atoms with E-state index in [-0.39, 0.29) is 11.4 Å². The molecule has 3 fully saturated rings. The molecule has 3 heterocycles. The van der Waals surface area contributed by atoms with E-state index in [0.29, 0.717) is 0 Å². The second kappa shape index (κ2) is 26.6. The number of nitrogens with zero attached hydrogens (tertiary/aromatic N) is 1. The molecule has 73 heavy (non-hydrogen) atoms. The number of nitrogens with one attached hydrogen (secondary N) is 2. The highest BCUT2D eigenvalue weighted by molar-refractivity contribution is 5.74. The molecule has 2 N–H and O–H groups in total. The quantitative estimate of drug-likeness (QED) is 0.0704. The Morgan fingerprint density at radius 3 is 1.27 bits per heavy atom. The largest absolute Gasteiger partial charge is 0.463 e. The molecule has 15 atom stereocenters. The number of carbonyl (C=O) groups is 10. The van der Waals surface area contributed by atoms with Gasteiger partial charge in [-0.1, -0.05) is 0 Å². The van der Waals surface area contributed by atoms with E-state index in [1.54, 1.807) is 0 Å². The number of nitro groups is 1. The van der Waals surface area contributed by atoms with Gasteiger partial charge < -0.3 is 76.9 Å². The van der Waals surface area contributed by atoms with Crippen LogP contribution >= 0.6 is 0 Å². The summed E-state index contributed by atoms with van der Waals surface area (Å²) in [7, 11) is 0. The van der Waals surface area contributed by atoms with Crippen LogP contribution in [0.3, 0.4) is 0 Å². The molecule has 3 saturated heterocycles. The smallest absolute Gasteiger partial charge is 0.303 e. The molecule has 1 aromatic rings. The molecule has 3 aliphatic rings. The lowest BCUT2D eigenvalue weighted by Gasteiger charge is -2.49. The molecule has 29 heteroatoms. The van der Waals surface area contributed by atoms with Gasteiger partial charge in [0.15, 0.2) is 49.2 Å². The first-order valence-corrected chi connectivity index (χ1v) is 22.2. The molecule has 404 valence electrons. The van der Waals surface area contributed by atoms with Gasteiger partial charge in [0.2, 0.25) is 18.1 Å². The number of nitro benzene ring substituents is 1. The molecule has 4 rings (SSSR count). The number of amides is 2. The third-order valence-electron chi connectivity index (χ3n) is 10.4. The van der Waals surface area contributed by atoms with Crippen molar-refractivity contribution in [2.45, 2.75) is 161 Å². The molecule has 0 saturated carbocycles. The monoisotopic (exact) mass is 1040 g/mol. The van der Waals surface area contributed by atoms with Gasteiger partial charge in [0.25, 0.3) is 5.69 Å². The van der Waals surface area contributed by atoms with E-state index in [9.17, 15) is 58.1 Å². The van der Waals surface area contributed by atoms with Gasteiger partial charge in [0.1, 0.15) is 55.5 Å². The van der Waals surface area contributed by atoms with Gasteiger partial charge in [-0.05, 0) is 12.1 Å². The highest BCUT2D eigenvalue weighted by Crippen LogP contribution is 2.36. The van der Waals surface area contributed by atoms with E-state index in [2.05, 4.69) is 10.6 Å². The number of hydrogen-bond donors (Lipinski definition) is 2. The van der Waals surface area contributed by atoms with Crippen molar-refractivity contribution in [3.63, 3.8) is 0 Å². The summed E-state index contributed by atoms with van der Waals surface area (Å²) in [4.78, 5) is 137. The lowest BCUT2D eigenvalue weighted by Crippen LogP contribution is -2.70. The van der Waals surface area contributed by atoms with Crippen LogP contribution in [-0.4, -0.2) is 176 Å². The molecule has 1 aromatic carbocycles. The molecule has 0 radical (unpaired) electrons. The van der Waals surface area contributed by atoms with Crippen LogP contribution < -0.4 is 15.4 Å². The Labute approximate surface area is 415 Å². The van der Waals surface area contributed by atoms with Crippen LogP contribution in [0.5, 0.6) is 5.75 Å². The second-order valence-electron chi connectivity index (χ2n) is 16.4. The van der Waals surface area contributed by atoms with Gasteiger partial charge in [-0.2, -0.15) is 0 Å². The van der Waals surface area contributed by atoms with E-state index >= 15 is 0 Å². The van der Waals surface area contributed by atoms with Crippen molar-refractivity contribution in [3.8, 4) is 5.75 Å². The van der Waals surface area contributed by atoms with Gasteiger partial charge in [-0.15, -0.1) is 0 Å². The third kappa shape index (κ3) is 17.3. The van der Waals surface area contributed by atoms with Crippen molar-refractivity contribution in [1.29, 1.82) is 0 Å². The molecule has 0 aromatic heterocycles. The Kier molecular flexibility index (Phi) is 21.3. The topological polar surface area (TPSA) is 367 Å². The SMILES string of the molecule is CC(=O)NC1C(OCC2OC(Oc3ccc([N+](=O)[O-])cc3)C(NC(C)=O)C(OC3OC(COC(C)=O)C(OC(C)=O)C(OC(C)=O)C3OC(C)=O)C2OC(C)=O)OC(COC(C)=O)C(OC(C)=O)C1OC(C)=O. The van der Waals surface area contributed by atoms with Crippen molar-refractivity contribution in [1.82, 2.24) is 10.6 Å². The summed E-state index contributed by atoms with van der Waals surface area (Å²) in [6, 6.07) is 1.34. The van der Waals surface area contributed by atoms with Crippen molar-refractivity contribution >= 4 is 65.3 Å². The summed E-state index contributed by atoms with van der Waals surface area (Å²) in [5.74, 6) is -9.07. The Hall–Kier alpha value is -7.08. The van der Waals surface area contributed by atoms with Gasteiger partial charge in [-0.25, -0.2) is 0 Å². The highest BCUT2D eigenvalue weighted by Gasteiger charge is 2.58. The van der Waals surface area contributed by atoms with E-state index in [1.807, 2.05) is 0 Å². The van der Waals surface area contributed by atoms with E-state index in [1.165, 1.54) is 12.1 Å². The van der Waals surface area contributed by atoms with Crippen LogP contribution in [0, 0.1) is 10.1 Å². The highest BCUT2D eigenvalue weighted by atomic mass is 16.8. The van der Waals surface area contributed by atoms with Crippen LogP contribution in [0.25, 0.3) is 0 Å². The third-order valence-corrected chi connectivity index (χ3v) is 10.4. The Morgan fingerprint density at radius 2 is 0.836 bits per heavy atom. The first-order valence-electron chi connectivity index (χ1n) is 22.2. The number of carbonyl (C=O) groups excluding carboxylic acids is 10. The summed E-state index contributed by atoms with van der Waals surface area (Å²) >= 11 is 0. The Bertz CT molecular complexity index is 2210. The van der Waals surface area contributed by atoms with E-state index in [0.717, 1.165) is 81.4 Å². The fourth-order valence-electron chi connectivity index (χ4n) is 7.88. The molecular formula is C44H57N3O26. The van der Waals surface area contributed by atoms with Crippen LogP contribution in [0.2, 0.25) is 0 Å². The summed E-state index contributed by atoms with van der Waals surface area (Å²) in [6.07, 6.45) is -22.3. The predicted octanol–water partition coefficient (Wildman–Crippen LogP) is -0.724. The average Bonchev–Trinajstić information content (AvgIpc) is 3.26. The van der Waals surface area contributed by atoms with Crippen molar-refractivity contribution in [2.24, 2.45) is 0 Å². The van der Waals surface area contributed by atoms with Crippen molar-refractivity contribution < 1.29 is 119 Å². The minimum Gasteiger partial charge on any atom is -0.463 e. The summed E-state index contributed by atoms with van der Waals surface area (Å²) in [6.45, 7) is 8.12. The molecule has 2 amide bonds. The van der Waals surface area contributed by atoms with Gasteiger partial charge >= 0.3 is 47.8 Å². The normalized spacial score (nSPS) is 29.6. The summed E-state index contributed by atoms with van der Waals surface area (Å²) < 4.78 is 81.5. The van der Waals surface area contributed by atoms with Gasteiger partial charge in [0, 0.05) is 81.4 Å². The minimum atomic E-state index is -2.00. The van der Waals surface area contributed by atoms with Crippen LogP contribution in [-0.2, 0) is 110 Å². The fraction of sp³-hybridized carbons (Fsp3) is 0.636. The fourth-order valence-corrected chi connectivity index (χ4v) is 7.88. The van der Waals surface area contributed by atoms with Gasteiger partial charge in [-0.3, -0.25) is 58.1 Å². The summed E-state index contributed by atoms with van der Waals surface area (Å²) in [5.41, 5.74) is -0.349. The van der Waals surface area contributed by atoms with Crippen LogP contribution in [0.4, 0.5) is 5.69 Å². The minimum absolute atomic E-state index is 0.113. The molecule has 29 nitrogen and oxygen atoms in total. The first kappa shape index (κ1) is 58.5. The lowest BCUT2D eigenvalue weighted by molar-refractivity contribution is -0.384. The molecule has 0 aliphatic carbocycles. The number of hydrogen-bond acceptors (Lipinski definition) is 26. The number of rotatable bonds is 20. The van der Waals surface area contributed by atoms with Crippen LogP contribution in [0.1, 0.15) is 69.2 Å². The molecule has 0 spiro atoms. The maximum atomic E-state index is 13.1. The maximum Gasteiger partial charge on any atom is 0.303 e. The number of non-ortho nitro benzene ring substituents is 1. The number of benzene rings is 1. The second-order valence-corrected chi connectivity index (χ2v) is 16.4. The zero-order chi connectivity index (χ0) is 54.4. The Morgan fingerprint density at radius 1 is 0.466 bits per heavy atom. The average molecular weight is 1040 g/mol. The molecular weight excluding hydrogens is 986 g/mol. The van der Waals surface area contributed by atoms with Crippen molar-refractivity contribution in [2.75, 3.05) is 19.8 Å². The van der Waals surface area contributed by atoms with Crippen LogP contribution in [0.15, 0.2) is 24.3 Å². The van der Waals surface area contributed by atoms with E-state index in [4.69, 9.17) is 66.3 Å². The zero-order valence-electron chi connectivity index (χ0n) is 41.2. The first-order chi connectivity index (χ1) is 34.2. The Balaban J connectivity index is 1.94. The molecule has 3 aliphatic heterocycles. The number of ether oxygens (including phenoxy) is 14. The number of esters is 8. The zero-order valence-corrected chi connectivity index (χ0v) is 41.2. The lowest BCUT2D eigenvalue weighted by atomic mass is 9.94. The van der Waals surface area contributed by atoms with Gasteiger partial charge in [0.05, 0.1) is 11.5 Å². The standard InChI is InChI=1S/C44H57N3O26/c1-18(48)45-33-38(66-25(8)55)35(63-22(5)52)30(15-60-20(3)50)70-42(33)62-17-32-36(64-23(6)53)39(34(46-19(2)49)43(71-32)69-29-13-11-28(12-14-29)47(58)59)73-44-41(68-27(10)57)40(67-26(9)56)37(65-24(7)54)31(72-44)16-61-21(4)51/h11-14,30-44H,15-17H2,1-10H3,(H,45,48)(H,46,49). The van der Waals surface area contributed by atoms with E-state index < -0.39 is 176 Å². The summed E-state index contributed by atoms with van der Waals surface area (Å²) in [5, 5.41) is 16.7. The molecule has 0 bridgehead atoms. The van der Waals surface area contributed by atoms with Crippen molar-refractivity contribution in [3.05, 3.63) is 34.4 Å². The maximum absolute atomic E-state index is 13.1. The predicted molar refractivity (Wildman–Crippen MR) is 232 cm³/mol. The molecule has 15 unspecified atom stereocenters.